The quantitative estimate of drug-likeness (QED) is 0.463. The molecular weight excluding hydrogens is 364 g/mol. The van der Waals surface area contributed by atoms with Crippen LogP contribution >= 0.6 is 11.6 Å². The van der Waals surface area contributed by atoms with Gasteiger partial charge in [0.05, 0.1) is 17.2 Å². The molecule has 0 saturated heterocycles. The molecule has 140 valence electrons. The number of carbonyl (C=O) groups is 2. The first kappa shape index (κ1) is 18.7. The number of ether oxygens (including phenoxy) is 2. The summed E-state index contributed by atoms with van der Waals surface area (Å²) in [4.78, 5) is 24.9. The number of Topliss-reactive ketones (excluding diaryl/α,β-unsaturated/α-hetero) is 1. The minimum absolute atomic E-state index is 0.00434. The summed E-state index contributed by atoms with van der Waals surface area (Å²) in [6.45, 7) is 1.60. The molecular formula is C18H19ClO7. The molecule has 1 aromatic carbocycles. The topological polar surface area (TPSA) is 113 Å². The zero-order chi connectivity index (χ0) is 19.0. The molecule has 0 radical (unpaired) electrons. The van der Waals surface area contributed by atoms with Crippen LogP contribution in [0.5, 0.6) is 11.5 Å². The monoisotopic (exact) mass is 382 g/mol. The van der Waals surface area contributed by atoms with Crippen molar-refractivity contribution in [3.05, 3.63) is 34.4 Å². The van der Waals surface area contributed by atoms with Crippen LogP contribution in [0, 0.1) is 0 Å². The Balaban J connectivity index is 2.02. The molecule has 0 aromatic heterocycles. The molecule has 0 saturated carbocycles. The van der Waals surface area contributed by atoms with Gasteiger partial charge < -0.3 is 24.8 Å². The molecule has 0 amide bonds. The minimum Gasteiger partial charge on any atom is -0.507 e. The lowest BCUT2D eigenvalue weighted by molar-refractivity contribution is -0.121. The van der Waals surface area contributed by atoms with Gasteiger partial charge in [-0.25, -0.2) is 4.79 Å². The Bertz CT molecular complexity index is 773. The number of hydrogen-bond acceptors (Lipinski definition) is 7. The van der Waals surface area contributed by atoms with E-state index < -0.39 is 41.9 Å². The normalized spacial score (nSPS) is 29.3. The Hall–Kier alpha value is -2.09. The van der Waals surface area contributed by atoms with Gasteiger partial charge in [0, 0.05) is 30.9 Å². The molecule has 0 unspecified atom stereocenters. The predicted octanol–water partition coefficient (Wildman–Crippen LogP) is 1.89. The molecule has 0 spiro atoms. The number of fused-ring (bicyclic) bond motifs is 3. The lowest BCUT2D eigenvalue weighted by Crippen LogP contribution is -2.31. The number of carbonyl (C=O) groups excluding carboxylic acids is 2. The smallest absolute Gasteiger partial charge is 0.342 e. The number of phenolic OH excluding ortho intramolecular Hbond substituents is 2. The van der Waals surface area contributed by atoms with E-state index in [9.17, 15) is 24.9 Å². The Morgan fingerprint density at radius 3 is 2.65 bits per heavy atom. The van der Waals surface area contributed by atoms with E-state index in [-0.39, 0.29) is 41.2 Å². The molecule has 2 aliphatic rings. The molecule has 2 heterocycles. The van der Waals surface area contributed by atoms with Crippen LogP contribution in [0.4, 0.5) is 0 Å². The molecule has 3 rings (SSSR count). The van der Waals surface area contributed by atoms with E-state index in [4.69, 9.17) is 21.1 Å². The lowest BCUT2D eigenvalue weighted by Gasteiger charge is -2.22. The summed E-state index contributed by atoms with van der Waals surface area (Å²) in [5.41, 5.74) is -0.256. The zero-order valence-corrected chi connectivity index (χ0v) is 14.8. The third-order valence-corrected chi connectivity index (χ3v) is 4.86. The highest BCUT2D eigenvalue weighted by Gasteiger charge is 2.32. The first-order valence-corrected chi connectivity index (χ1v) is 8.62. The van der Waals surface area contributed by atoms with Crippen molar-refractivity contribution in [2.45, 2.75) is 50.6 Å². The number of ketones is 1. The van der Waals surface area contributed by atoms with E-state index in [1.165, 1.54) is 0 Å². The van der Waals surface area contributed by atoms with Crippen molar-refractivity contribution < 1.29 is 34.4 Å². The third-order valence-electron chi connectivity index (χ3n) is 4.44. The van der Waals surface area contributed by atoms with Crippen molar-refractivity contribution in [1.82, 2.24) is 0 Å². The number of cyclic esters (lactones) is 1. The first-order chi connectivity index (χ1) is 12.3. The fourth-order valence-electron chi connectivity index (χ4n) is 3.20. The highest BCUT2D eigenvalue weighted by Crippen LogP contribution is 2.37. The van der Waals surface area contributed by atoms with Crippen LogP contribution in [-0.4, -0.2) is 51.5 Å². The Labute approximate surface area is 154 Å². The van der Waals surface area contributed by atoms with Gasteiger partial charge in [0.15, 0.2) is 0 Å². The van der Waals surface area contributed by atoms with E-state index in [0.29, 0.717) is 0 Å². The summed E-state index contributed by atoms with van der Waals surface area (Å²) < 4.78 is 10.9. The number of halogens is 1. The standard InChI is InChI=1S/C18H19ClO7/c1-8-4-12(21)15-3-2-10(26-15)5-9(20)6-11-16(18(24)25-8)13(22)7-14(23)17(11)19/h2-3,7-8,10,12,15,21-23H,4-6H2,1H3/t8-,10-,12-,15-/m1/s1. The lowest BCUT2D eigenvalue weighted by atomic mass is 9.98. The van der Waals surface area contributed by atoms with E-state index >= 15 is 0 Å². The second-order valence-corrected chi connectivity index (χ2v) is 6.92. The Morgan fingerprint density at radius 2 is 1.92 bits per heavy atom. The molecule has 1 aromatic rings. The first-order valence-electron chi connectivity index (χ1n) is 8.24. The minimum atomic E-state index is -0.911. The van der Waals surface area contributed by atoms with Gasteiger partial charge in [-0.2, -0.15) is 0 Å². The largest absolute Gasteiger partial charge is 0.507 e. The molecule has 0 fully saturated rings. The molecule has 8 heteroatoms. The number of rotatable bonds is 0. The number of esters is 1. The molecule has 2 bridgehead atoms. The molecule has 26 heavy (non-hydrogen) atoms. The van der Waals surface area contributed by atoms with Crippen LogP contribution in [0.15, 0.2) is 18.2 Å². The summed E-state index contributed by atoms with van der Waals surface area (Å²) >= 11 is 6.07. The molecule has 7 nitrogen and oxygen atoms in total. The average Bonchev–Trinajstić information content (AvgIpc) is 2.99. The van der Waals surface area contributed by atoms with Crippen LogP contribution in [-0.2, 0) is 20.7 Å². The van der Waals surface area contributed by atoms with Crippen LogP contribution < -0.4 is 0 Å². The predicted molar refractivity (Wildman–Crippen MR) is 91.4 cm³/mol. The van der Waals surface area contributed by atoms with E-state index in [1.54, 1.807) is 19.1 Å². The van der Waals surface area contributed by atoms with E-state index in [2.05, 4.69) is 0 Å². The third kappa shape index (κ3) is 3.70. The molecule has 0 aliphatic carbocycles. The summed E-state index contributed by atoms with van der Waals surface area (Å²) in [6, 6.07) is 0.929. The van der Waals surface area contributed by atoms with Gasteiger partial charge in [-0.05, 0) is 6.92 Å². The number of phenols is 2. The number of benzene rings is 1. The van der Waals surface area contributed by atoms with Gasteiger partial charge in [0.1, 0.15) is 35.1 Å². The maximum Gasteiger partial charge on any atom is 0.342 e. The van der Waals surface area contributed by atoms with Crippen molar-refractivity contribution in [3.63, 3.8) is 0 Å². The number of aromatic hydroxyl groups is 2. The van der Waals surface area contributed by atoms with E-state index in [1.807, 2.05) is 0 Å². The maximum absolute atomic E-state index is 12.5. The Kier molecular flexibility index (Phi) is 5.22. The van der Waals surface area contributed by atoms with Crippen molar-refractivity contribution >= 4 is 23.4 Å². The highest BCUT2D eigenvalue weighted by molar-refractivity contribution is 6.33. The van der Waals surface area contributed by atoms with Crippen molar-refractivity contribution in [1.29, 1.82) is 0 Å². The van der Waals surface area contributed by atoms with Crippen LogP contribution in [0.1, 0.15) is 35.7 Å². The SMILES string of the molecule is C[C@@H]1C[C@@H](O)[C@H]2C=C[C@H](CC(=O)Cc3c(Cl)c(O)cc(O)c3C(=O)O1)O2. The second kappa shape index (κ2) is 7.26. The Morgan fingerprint density at radius 1 is 1.19 bits per heavy atom. The van der Waals surface area contributed by atoms with Crippen molar-refractivity contribution in [2.75, 3.05) is 0 Å². The average molecular weight is 383 g/mol. The van der Waals surface area contributed by atoms with Crippen LogP contribution in [0.2, 0.25) is 5.02 Å². The number of aliphatic hydroxyl groups excluding tert-OH is 1. The molecule has 2 aliphatic heterocycles. The van der Waals surface area contributed by atoms with Gasteiger partial charge in [0.25, 0.3) is 0 Å². The summed E-state index contributed by atoms with van der Waals surface area (Å²) in [5.74, 6) is -2.15. The van der Waals surface area contributed by atoms with Gasteiger partial charge in [-0.1, -0.05) is 23.8 Å². The second-order valence-electron chi connectivity index (χ2n) is 6.54. The van der Waals surface area contributed by atoms with Gasteiger partial charge in [-0.3, -0.25) is 4.79 Å². The van der Waals surface area contributed by atoms with Crippen molar-refractivity contribution in [3.8, 4) is 11.5 Å². The van der Waals surface area contributed by atoms with Gasteiger partial charge in [0.2, 0.25) is 0 Å². The van der Waals surface area contributed by atoms with Gasteiger partial charge in [-0.15, -0.1) is 0 Å². The van der Waals surface area contributed by atoms with Gasteiger partial charge >= 0.3 is 5.97 Å². The number of hydrogen-bond donors (Lipinski definition) is 3. The number of aliphatic hydroxyl groups is 1. The summed E-state index contributed by atoms with van der Waals surface area (Å²) in [5, 5.41) is 30.0. The fourth-order valence-corrected chi connectivity index (χ4v) is 3.41. The molecule has 4 atom stereocenters. The molecule has 3 N–H and O–H groups in total. The zero-order valence-electron chi connectivity index (χ0n) is 14.0. The van der Waals surface area contributed by atoms with E-state index in [0.717, 1.165) is 6.07 Å². The van der Waals surface area contributed by atoms with Crippen molar-refractivity contribution in [2.24, 2.45) is 0 Å². The highest BCUT2D eigenvalue weighted by atomic mass is 35.5. The van der Waals surface area contributed by atoms with Crippen LogP contribution in [0.3, 0.4) is 0 Å². The maximum atomic E-state index is 12.5. The van der Waals surface area contributed by atoms with Crippen LogP contribution in [0.25, 0.3) is 0 Å². The summed E-state index contributed by atoms with van der Waals surface area (Å²) in [6.07, 6.45) is 0.565. The summed E-state index contributed by atoms with van der Waals surface area (Å²) in [7, 11) is 0. The fraction of sp³-hybridized carbons (Fsp3) is 0.444.